The first-order chi connectivity index (χ1) is 4.09. The van der Waals surface area contributed by atoms with Gasteiger partial charge in [0.2, 0.25) is 0 Å². The predicted molar refractivity (Wildman–Crippen MR) is 29.3 cm³/mol. The first kappa shape index (κ1) is 9.12. The fourth-order valence-electron chi connectivity index (χ4n) is 0.375. The molecule has 0 aliphatic heterocycles. The Kier molecular flexibility index (Phi) is 4.07. The lowest BCUT2D eigenvalue weighted by Gasteiger charge is -1.93. The summed E-state index contributed by atoms with van der Waals surface area (Å²) in [5.74, 6) is 0. The molecule has 0 saturated carbocycles. The van der Waals surface area contributed by atoms with Crippen LogP contribution in [0, 0.1) is 0 Å². The van der Waals surface area contributed by atoms with Gasteiger partial charge in [0.05, 0.1) is 0 Å². The summed E-state index contributed by atoms with van der Waals surface area (Å²) in [6, 6.07) is 0. The van der Waals surface area contributed by atoms with E-state index in [4.69, 9.17) is 0 Å². The van der Waals surface area contributed by atoms with Gasteiger partial charge in [0.15, 0.2) is 0 Å². The molecule has 0 aromatic carbocycles. The highest BCUT2D eigenvalue weighted by molar-refractivity contribution is 7.56. The molecule has 9 heavy (non-hydrogen) atoms. The molecule has 0 fully saturated rings. The third kappa shape index (κ3) is 2.97. The molecule has 0 amide bonds. The van der Waals surface area contributed by atoms with Gasteiger partial charge in [-0.1, -0.05) is 16.1 Å². The van der Waals surface area contributed by atoms with Crippen LogP contribution in [0.1, 0.15) is 13.3 Å². The number of hydrogen-bond donors (Lipinski definition) is 0. The van der Waals surface area contributed by atoms with Gasteiger partial charge in [0, 0.05) is 6.42 Å². The molecular weight excluding hydrogens is 162 g/mol. The van der Waals surface area contributed by atoms with Crippen molar-refractivity contribution in [2.75, 3.05) is 0 Å². The predicted octanol–water partition coefficient (Wildman–Crippen LogP) is -0.0721. The van der Waals surface area contributed by atoms with Gasteiger partial charge in [-0.25, -0.2) is 0 Å². The average Bonchev–Trinajstić information content (AvgIpc) is 1.64. The van der Waals surface area contributed by atoms with Gasteiger partial charge >= 0.3 is 21.5 Å². The summed E-state index contributed by atoms with van der Waals surface area (Å²) in [5, 5.41) is -1.17. The second kappa shape index (κ2) is 4.02. The Bertz CT molecular complexity index is 120. The first-order valence-corrected chi connectivity index (χ1v) is 4.86. The largest absolute Gasteiger partial charge is 0.592 e. The number of rotatable bonds is 3. The molecule has 0 aliphatic carbocycles. The van der Waals surface area contributed by atoms with Gasteiger partial charge in [0.25, 0.3) is 0 Å². The summed E-state index contributed by atoms with van der Waals surface area (Å²) in [5.41, 5.74) is 0. The maximum atomic E-state index is 10.0. The van der Waals surface area contributed by atoms with Crippen LogP contribution in [-0.2, 0) is 9.13 Å². The van der Waals surface area contributed by atoms with E-state index < -0.39 is 21.5 Å². The maximum absolute atomic E-state index is 10.0. The second-order valence-electron chi connectivity index (χ2n) is 1.46. The molecule has 6 heteroatoms. The third-order valence-electron chi connectivity index (χ3n) is 0.852. The quantitative estimate of drug-likeness (QED) is 0.552. The molecule has 0 rings (SSSR count). The first-order valence-electron chi connectivity index (χ1n) is 2.36. The van der Waals surface area contributed by atoms with Crippen LogP contribution in [-0.4, -0.2) is 5.40 Å². The highest BCUT2D eigenvalue weighted by atomic mass is 31.2. The van der Waals surface area contributed by atoms with Crippen LogP contribution < -0.4 is 9.79 Å². The highest BCUT2D eigenvalue weighted by Gasteiger charge is 2.31. The normalized spacial score (nSPS) is 16.8. The Balaban J connectivity index is 3.99. The highest BCUT2D eigenvalue weighted by Crippen LogP contribution is 2.36. The van der Waals surface area contributed by atoms with E-state index in [1.165, 1.54) is 6.92 Å². The molecule has 0 aliphatic rings. The molecule has 4 nitrogen and oxygen atoms in total. The minimum absolute atomic E-state index is 0.136. The second-order valence-corrected chi connectivity index (χ2v) is 4.26. The summed E-state index contributed by atoms with van der Waals surface area (Å²) in [4.78, 5) is 20.1. The summed E-state index contributed by atoms with van der Waals surface area (Å²) in [6.45, 7) is 1.51. The molecule has 52 valence electrons. The topological polar surface area (TPSA) is 80.3 Å². The van der Waals surface area contributed by atoms with Gasteiger partial charge in [-0.2, -0.15) is 0 Å². The summed E-state index contributed by atoms with van der Waals surface area (Å²) < 4.78 is 20.1. The molecule has 0 N–H and O–H groups in total. The van der Waals surface area contributed by atoms with Crippen LogP contribution in [0.4, 0.5) is 0 Å². The van der Waals surface area contributed by atoms with Crippen molar-refractivity contribution in [1.82, 2.24) is 0 Å². The van der Waals surface area contributed by atoms with E-state index in [1.807, 2.05) is 0 Å². The zero-order chi connectivity index (χ0) is 7.44. The fraction of sp³-hybridized carbons (Fsp3) is 1.00. The number of hydrogen-bond acceptors (Lipinski definition) is 4. The van der Waals surface area contributed by atoms with Crippen LogP contribution in [0.15, 0.2) is 0 Å². The van der Waals surface area contributed by atoms with Crippen LogP contribution >= 0.6 is 16.1 Å². The minimum atomic E-state index is -2.80. The lowest BCUT2D eigenvalue weighted by molar-refractivity contribution is -0.174. The van der Waals surface area contributed by atoms with Crippen molar-refractivity contribution in [1.29, 1.82) is 0 Å². The Morgan fingerprint density at radius 1 is 1.33 bits per heavy atom. The molecule has 2 unspecified atom stereocenters. The average molecular weight is 168 g/mol. The Morgan fingerprint density at radius 2 is 1.67 bits per heavy atom. The van der Waals surface area contributed by atoms with Crippen molar-refractivity contribution < 1.29 is 18.9 Å². The Morgan fingerprint density at radius 3 is 1.67 bits per heavy atom. The van der Waals surface area contributed by atoms with Crippen LogP contribution in [0.5, 0.6) is 0 Å². The van der Waals surface area contributed by atoms with Crippen LogP contribution in [0.2, 0.25) is 0 Å². The van der Waals surface area contributed by atoms with Crippen LogP contribution in [0.3, 0.4) is 0 Å². The van der Waals surface area contributed by atoms with Crippen LogP contribution in [0.25, 0.3) is 0 Å². The van der Waals surface area contributed by atoms with Crippen molar-refractivity contribution >= 4 is 16.1 Å². The molecule has 0 aromatic heterocycles. The van der Waals surface area contributed by atoms with Gasteiger partial charge in [-0.15, -0.1) is 0 Å². The molecule has 0 bridgehead atoms. The van der Waals surface area contributed by atoms with Gasteiger partial charge < -0.3 is 9.79 Å². The fourth-order valence-corrected chi connectivity index (χ4v) is 1.59. The smallest absolute Gasteiger partial charge is 0.364 e. The van der Waals surface area contributed by atoms with Gasteiger partial charge in [-0.3, -0.25) is 0 Å². The minimum Gasteiger partial charge on any atom is -0.592 e. The summed E-state index contributed by atoms with van der Waals surface area (Å²) in [7, 11) is -5.60. The van der Waals surface area contributed by atoms with Crippen molar-refractivity contribution in [3.63, 3.8) is 0 Å². The standard InChI is InChI=1S/C3H6O4P2/c1-2-3(8(4)5)9(6)7/h3H,2H2,1H3. The molecule has 0 radical (unpaired) electrons. The van der Waals surface area contributed by atoms with E-state index >= 15 is 0 Å². The van der Waals surface area contributed by atoms with Crippen molar-refractivity contribution in [2.24, 2.45) is 0 Å². The SMILES string of the molecule is CCC([P+](=O)[O-])[P+](=O)[O-]. The molecule has 0 saturated heterocycles. The van der Waals surface area contributed by atoms with E-state index in [9.17, 15) is 18.9 Å². The zero-order valence-electron chi connectivity index (χ0n) is 4.81. The van der Waals surface area contributed by atoms with E-state index in [0.717, 1.165) is 0 Å². The van der Waals surface area contributed by atoms with Crippen molar-refractivity contribution in [2.45, 2.75) is 18.7 Å². The third-order valence-corrected chi connectivity index (χ3v) is 3.69. The molecule has 0 heterocycles. The lowest BCUT2D eigenvalue weighted by Crippen LogP contribution is -2.07. The van der Waals surface area contributed by atoms with E-state index in [0.29, 0.717) is 0 Å². The Hall–Kier alpha value is 0.120. The van der Waals surface area contributed by atoms with E-state index in [-0.39, 0.29) is 6.42 Å². The van der Waals surface area contributed by atoms with Crippen molar-refractivity contribution in [3.8, 4) is 0 Å². The summed E-state index contributed by atoms with van der Waals surface area (Å²) in [6.07, 6.45) is 0.136. The maximum Gasteiger partial charge on any atom is 0.364 e. The van der Waals surface area contributed by atoms with E-state index in [1.54, 1.807) is 0 Å². The Labute approximate surface area is 54.6 Å². The summed E-state index contributed by atoms with van der Waals surface area (Å²) >= 11 is 0. The van der Waals surface area contributed by atoms with Gasteiger partial charge in [-0.05, 0) is 0 Å². The molecular formula is C3H6O4P2. The van der Waals surface area contributed by atoms with E-state index in [2.05, 4.69) is 0 Å². The van der Waals surface area contributed by atoms with Gasteiger partial charge in [0.1, 0.15) is 0 Å². The monoisotopic (exact) mass is 168 g/mol. The molecule has 0 spiro atoms. The molecule has 0 aromatic rings. The van der Waals surface area contributed by atoms with Crippen molar-refractivity contribution in [3.05, 3.63) is 0 Å². The zero-order valence-corrected chi connectivity index (χ0v) is 6.60. The lowest BCUT2D eigenvalue weighted by atomic mass is 10.6. The molecule has 2 atom stereocenters.